The Kier molecular flexibility index (Phi) is 8.49. The van der Waals surface area contributed by atoms with Crippen molar-refractivity contribution in [1.82, 2.24) is 19.8 Å². The van der Waals surface area contributed by atoms with E-state index in [0.29, 0.717) is 29.4 Å². The normalized spacial score (nSPS) is 15.7. The predicted octanol–water partition coefficient (Wildman–Crippen LogP) is 4.52. The molecule has 2 aromatic carbocycles. The number of nitrogens with one attached hydrogen (secondary N) is 2. The van der Waals surface area contributed by atoms with Crippen LogP contribution in [0.15, 0.2) is 47.4 Å². The van der Waals surface area contributed by atoms with Gasteiger partial charge in [-0.25, -0.2) is 13.1 Å². The maximum Gasteiger partial charge on any atom is 0.272 e. The number of nitro groups is 1. The number of ether oxygens (including phenoxy) is 2. The van der Waals surface area contributed by atoms with Gasteiger partial charge >= 0.3 is 0 Å². The van der Waals surface area contributed by atoms with E-state index in [-0.39, 0.29) is 23.4 Å². The van der Waals surface area contributed by atoms with Crippen LogP contribution in [-0.4, -0.2) is 53.8 Å². The van der Waals surface area contributed by atoms with Crippen LogP contribution in [0.1, 0.15) is 49.7 Å². The Balaban J connectivity index is 1.79. The SMILES string of the molecule is Cc1c(C(=O)NCC2CCCO2)nn(-c2ccc(Cl)cc2)c1Oc1ccc([N+](=O)[O-])cc1S(=O)(=O)NC(C)(C)C. The first-order chi connectivity index (χ1) is 18.7. The van der Waals surface area contributed by atoms with Crippen molar-refractivity contribution >= 4 is 33.2 Å². The highest BCUT2D eigenvalue weighted by Gasteiger charge is 2.30. The Labute approximate surface area is 236 Å². The van der Waals surface area contributed by atoms with Crippen molar-refractivity contribution in [2.45, 2.75) is 57.1 Å². The molecule has 12 nitrogen and oxygen atoms in total. The van der Waals surface area contributed by atoms with E-state index < -0.39 is 37.0 Å². The molecule has 0 aliphatic carbocycles. The van der Waals surface area contributed by atoms with E-state index in [0.717, 1.165) is 25.0 Å². The van der Waals surface area contributed by atoms with Crippen LogP contribution >= 0.6 is 11.6 Å². The summed E-state index contributed by atoms with van der Waals surface area (Å²) < 4.78 is 42.2. The highest BCUT2D eigenvalue weighted by Crippen LogP contribution is 2.36. The molecular formula is C26H30ClN5O7S. The van der Waals surface area contributed by atoms with Crippen molar-refractivity contribution in [1.29, 1.82) is 0 Å². The third-order valence-corrected chi connectivity index (χ3v) is 7.97. The van der Waals surface area contributed by atoms with Crippen LogP contribution in [0.4, 0.5) is 5.69 Å². The summed E-state index contributed by atoms with van der Waals surface area (Å²) in [6.45, 7) is 7.50. The molecule has 1 aromatic heterocycles. The molecule has 1 aliphatic rings. The van der Waals surface area contributed by atoms with Crippen LogP contribution in [-0.2, 0) is 14.8 Å². The molecule has 214 valence electrons. The Bertz CT molecular complexity index is 1530. The zero-order valence-corrected chi connectivity index (χ0v) is 24.0. The minimum atomic E-state index is -4.27. The van der Waals surface area contributed by atoms with Crippen LogP contribution in [0.2, 0.25) is 5.02 Å². The van der Waals surface area contributed by atoms with E-state index in [2.05, 4.69) is 15.1 Å². The first-order valence-corrected chi connectivity index (χ1v) is 14.4. The maximum atomic E-state index is 13.3. The van der Waals surface area contributed by atoms with E-state index in [1.807, 2.05) is 0 Å². The molecule has 1 unspecified atom stereocenters. The number of carbonyl (C=O) groups excluding carboxylic acids is 1. The van der Waals surface area contributed by atoms with Crippen LogP contribution in [0, 0.1) is 17.0 Å². The van der Waals surface area contributed by atoms with Gasteiger partial charge in [0.05, 0.1) is 16.7 Å². The summed E-state index contributed by atoms with van der Waals surface area (Å²) in [5.74, 6) is -0.603. The lowest BCUT2D eigenvalue weighted by molar-refractivity contribution is -0.385. The van der Waals surface area contributed by atoms with Crippen molar-refractivity contribution in [3.63, 3.8) is 0 Å². The second-order valence-electron chi connectivity index (χ2n) is 10.4. The van der Waals surface area contributed by atoms with E-state index in [4.69, 9.17) is 21.1 Å². The zero-order chi connectivity index (χ0) is 29.2. The number of amides is 1. The zero-order valence-electron chi connectivity index (χ0n) is 22.4. The van der Waals surface area contributed by atoms with Gasteiger partial charge in [0.1, 0.15) is 10.6 Å². The number of sulfonamides is 1. The fraction of sp³-hybridized carbons (Fsp3) is 0.385. The van der Waals surface area contributed by atoms with E-state index in [1.54, 1.807) is 52.0 Å². The summed E-state index contributed by atoms with van der Waals surface area (Å²) in [4.78, 5) is 23.5. The lowest BCUT2D eigenvalue weighted by Crippen LogP contribution is -2.40. The van der Waals surface area contributed by atoms with Crippen molar-refractivity contribution in [2.24, 2.45) is 0 Å². The molecule has 4 rings (SSSR count). The number of rotatable bonds is 9. The van der Waals surface area contributed by atoms with Gasteiger partial charge in [-0.15, -0.1) is 0 Å². The molecule has 1 aliphatic heterocycles. The smallest absolute Gasteiger partial charge is 0.272 e. The standard InChI is InChI=1S/C26H30ClN5O7S/c1-16-23(24(33)28-15-20-6-5-13-38-20)29-31(18-9-7-17(27)8-10-18)25(16)39-21-12-11-19(32(34)35)14-22(21)40(36,37)30-26(2,3)4/h7-12,14,20,30H,5-6,13,15H2,1-4H3,(H,28,33). The lowest BCUT2D eigenvalue weighted by atomic mass is 10.1. The van der Waals surface area contributed by atoms with Crippen molar-refractivity contribution in [3.05, 3.63) is 68.9 Å². The topological polar surface area (TPSA) is 155 Å². The molecule has 0 saturated carbocycles. The molecule has 2 N–H and O–H groups in total. The van der Waals surface area contributed by atoms with Gasteiger partial charge in [0.2, 0.25) is 15.9 Å². The summed E-state index contributed by atoms with van der Waals surface area (Å²) in [6, 6.07) is 9.84. The van der Waals surface area contributed by atoms with Gasteiger partial charge in [0.25, 0.3) is 11.6 Å². The highest BCUT2D eigenvalue weighted by atomic mass is 35.5. The molecule has 40 heavy (non-hydrogen) atoms. The number of nitro benzene ring substituents is 1. The fourth-order valence-corrected chi connectivity index (χ4v) is 5.83. The number of hydrogen-bond acceptors (Lipinski definition) is 8. The van der Waals surface area contributed by atoms with Crippen molar-refractivity contribution < 1.29 is 27.6 Å². The molecule has 1 saturated heterocycles. The maximum absolute atomic E-state index is 13.3. The molecule has 3 aromatic rings. The minimum Gasteiger partial charge on any atom is -0.437 e. The quantitative estimate of drug-likeness (QED) is 0.272. The molecule has 0 radical (unpaired) electrons. The molecule has 14 heteroatoms. The number of hydrogen-bond donors (Lipinski definition) is 2. The third kappa shape index (κ3) is 6.78. The monoisotopic (exact) mass is 591 g/mol. The van der Waals surface area contributed by atoms with Crippen LogP contribution in [0.5, 0.6) is 11.6 Å². The Morgan fingerprint density at radius 3 is 2.55 bits per heavy atom. The van der Waals surface area contributed by atoms with Gasteiger partial charge in [-0.2, -0.15) is 9.78 Å². The largest absolute Gasteiger partial charge is 0.437 e. The molecule has 1 atom stereocenters. The summed E-state index contributed by atoms with van der Waals surface area (Å²) in [7, 11) is -4.27. The van der Waals surface area contributed by atoms with Gasteiger partial charge in [-0.05, 0) is 70.9 Å². The molecular weight excluding hydrogens is 562 g/mol. The highest BCUT2D eigenvalue weighted by molar-refractivity contribution is 7.89. The number of carbonyl (C=O) groups is 1. The average Bonchev–Trinajstić information content (AvgIpc) is 3.50. The fourth-order valence-electron chi connectivity index (χ4n) is 4.14. The summed E-state index contributed by atoms with van der Waals surface area (Å²) in [6.07, 6.45) is 1.68. The third-order valence-electron chi connectivity index (χ3n) is 5.94. The molecule has 2 heterocycles. The van der Waals surface area contributed by atoms with Gasteiger partial charge in [0, 0.05) is 41.4 Å². The Morgan fingerprint density at radius 2 is 1.95 bits per heavy atom. The first-order valence-electron chi connectivity index (χ1n) is 12.5. The minimum absolute atomic E-state index is 0.0469. The Morgan fingerprint density at radius 1 is 1.25 bits per heavy atom. The molecule has 1 amide bonds. The van der Waals surface area contributed by atoms with Crippen molar-refractivity contribution in [3.8, 4) is 17.3 Å². The van der Waals surface area contributed by atoms with Crippen LogP contribution in [0.25, 0.3) is 5.69 Å². The molecule has 1 fully saturated rings. The first kappa shape index (κ1) is 29.5. The average molecular weight is 592 g/mol. The number of non-ortho nitro benzene ring substituents is 1. The van der Waals surface area contributed by atoms with Gasteiger partial charge in [-0.3, -0.25) is 14.9 Å². The van der Waals surface area contributed by atoms with Gasteiger partial charge < -0.3 is 14.8 Å². The predicted molar refractivity (Wildman–Crippen MR) is 148 cm³/mol. The van der Waals surface area contributed by atoms with Crippen LogP contribution < -0.4 is 14.8 Å². The van der Waals surface area contributed by atoms with Crippen LogP contribution in [0.3, 0.4) is 0 Å². The molecule has 0 bridgehead atoms. The number of halogens is 1. The number of aromatic nitrogens is 2. The second-order valence-corrected chi connectivity index (χ2v) is 12.4. The molecule has 0 spiro atoms. The Hall–Kier alpha value is -3.52. The van der Waals surface area contributed by atoms with Gasteiger partial charge in [-0.1, -0.05) is 11.6 Å². The van der Waals surface area contributed by atoms with E-state index in [1.165, 1.54) is 10.7 Å². The second kappa shape index (κ2) is 11.5. The summed E-state index contributed by atoms with van der Waals surface area (Å²) in [5, 5.41) is 19.2. The van der Waals surface area contributed by atoms with E-state index >= 15 is 0 Å². The van der Waals surface area contributed by atoms with E-state index in [9.17, 15) is 23.3 Å². The number of nitrogens with zero attached hydrogens (tertiary/aromatic N) is 3. The summed E-state index contributed by atoms with van der Waals surface area (Å²) in [5.41, 5.74) is -0.443. The lowest BCUT2D eigenvalue weighted by Gasteiger charge is -2.21. The van der Waals surface area contributed by atoms with Gasteiger partial charge in [0.15, 0.2) is 5.69 Å². The summed E-state index contributed by atoms with van der Waals surface area (Å²) >= 11 is 6.06. The number of benzene rings is 2. The van der Waals surface area contributed by atoms with Crippen molar-refractivity contribution in [2.75, 3.05) is 13.2 Å².